The predicted octanol–water partition coefficient (Wildman–Crippen LogP) is 3.06. The third kappa shape index (κ3) is 2.57. The average molecular weight is 304 g/mol. The molecule has 0 spiro atoms. The summed E-state index contributed by atoms with van der Waals surface area (Å²) < 4.78 is 1.62. The van der Waals surface area contributed by atoms with Gasteiger partial charge >= 0.3 is 0 Å². The van der Waals surface area contributed by atoms with Crippen LogP contribution in [0.25, 0.3) is 4.96 Å². The normalized spacial score (nSPS) is 11.1. The van der Waals surface area contributed by atoms with Gasteiger partial charge in [0, 0.05) is 27.8 Å². The van der Waals surface area contributed by atoms with E-state index in [4.69, 9.17) is 0 Å². The first-order valence-corrected chi connectivity index (χ1v) is 7.88. The highest BCUT2D eigenvalue weighted by molar-refractivity contribution is 7.98. The number of fused-ring (bicyclic) bond motifs is 1. The van der Waals surface area contributed by atoms with Crippen LogP contribution in [0.5, 0.6) is 5.75 Å². The largest absolute Gasteiger partial charge is 0.508 e. The molecule has 2 heterocycles. The van der Waals surface area contributed by atoms with Crippen LogP contribution in [-0.2, 0) is 5.75 Å². The number of hydrogen-bond donors (Lipinski definition) is 1. The van der Waals surface area contributed by atoms with E-state index in [2.05, 4.69) is 4.98 Å². The molecule has 0 aliphatic heterocycles. The number of thiazole rings is 1. The van der Waals surface area contributed by atoms with Gasteiger partial charge in [-0.15, -0.1) is 23.1 Å². The Balaban J connectivity index is 1.86. The highest BCUT2D eigenvalue weighted by atomic mass is 32.2. The van der Waals surface area contributed by atoms with Crippen molar-refractivity contribution in [1.82, 2.24) is 9.38 Å². The van der Waals surface area contributed by atoms with Crippen LogP contribution >= 0.6 is 23.1 Å². The van der Waals surface area contributed by atoms with Crippen molar-refractivity contribution in [2.45, 2.75) is 17.6 Å². The van der Waals surface area contributed by atoms with Gasteiger partial charge in [-0.25, -0.2) is 4.98 Å². The maximum absolute atomic E-state index is 12.0. The fourth-order valence-corrected chi connectivity index (χ4v) is 3.64. The fraction of sp³-hybridized carbons (Fsp3) is 0.143. The number of nitrogens with zero attached hydrogens (tertiary/aromatic N) is 2. The van der Waals surface area contributed by atoms with E-state index in [-0.39, 0.29) is 11.3 Å². The van der Waals surface area contributed by atoms with Crippen LogP contribution in [0, 0.1) is 6.92 Å². The molecule has 3 aromatic rings. The molecule has 0 bridgehead atoms. The average Bonchev–Trinajstić information content (AvgIpc) is 2.79. The smallest absolute Gasteiger partial charge is 0.258 e. The molecule has 0 amide bonds. The van der Waals surface area contributed by atoms with Gasteiger partial charge in [0.1, 0.15) is 5.75 Å². The van der Waals surface area contributed by atoms with Gasteiger partial charge in [-0.1, -0.05) is 6.07 Å². The van der Waals surface area contributed by atoms with Gasteiger partial charge in [0.05, 0.1) is 5.69 Å². The lowest BCUT2D eigenvalue weighted by atomic mass is 10.3. The second-order valence-corrected chi connectivity index (χ2v) is 6.25. The van der Waals surface area contributed by atoms with Gasteiger partial charge in [0.25, 0.3) is 5.56 Å². The molecule has 0 aliphatic carbocycles. The lowest BCUT2D eigenvalue weighted by molar-refractivity contribution is 0.474. The lowest BCUT2D eigenvalue weighted by Crippen LogP contribution is -2.14. The highest BCUT2D eigenvalue weighted by Crippen LogP contribution is 2.25. The monoisotopic (exact) mass is 304 g/mol. The second kappa shape index (κ2) is 5.30. The third-order valence-corrected chi connectivity index (χ3v) is 4.80. The van der Waals surface area contributed by atoms with E-state index in [0.29, 0.717) is 5.75 Å². The van der Waals surface area contributed by atoms with Gasteiger partial charge < -0.3 is 5.11 Å². The quantitative estimate of drug-likeness (QED) is 0.756. The molecule has 3 rings (SSSR count). The van der Waals surface area contributed by atoms with Crippen LogP contribution in [0.2, 0.25) is 0 Å². The van der Waals surface area contributed by atoms with E-state index in [1.165, 1.54) is 11.3 Å². The Hall–Kier alpha value is -1.79. The number of thioether (sulfide) groups is 1. The summed E-state index contributed by atoms with van der Waals surface area (Å²) in [6.45, 7) is 1.90. The van der Waals surface area contributed by atoms with Crippen LogP contribution in [0.1, 0.15) is 11.4 Å². The molecule has 2 aromatic heterocycles. The zero-order chi connectivity index (χ0) is 14.1. The molecule has 0 aliphatic rings. The van der Waals surface area contributed by atoms with Crippen molar-refractivity contribution >= 4 is 28.1 Å². The van der Waals surface area contributed by atoms with Crippen LogP contribution in [0.15, 0.2) is 45.4 Å². The van der Waals surface area contributed by atoms with Gasteiger partial charge in [-0.3, -0.25) is 9.20 Å². The SMILES string of the molecule is Cc1csc2nc(CSc3cccc(O)c3)cc(=O)n12. The summed E-state index contributed by atoms with van der Waals surface area (Å²) >= 11 is 3.01. The van der Waals surface area contributed by atoms with Crippen LogP contribution < -0.4 is 5.56 Å². The van der Waals surface area contributed by atoms with Crippen molar-refractivity contribution in [2.75, 3.05) is 0 Å². The van der Waals surface area contributed by atoms with E-state index in [0.717, 1.165) is 21.2 Å². The lowest BCUT2D eigenvalue weighted by Gasteiger charge is -2.03. The molecule has 1 N–H and O–H groups in total. The molecule has 0 fully saturated rings. The zero-order valence-corrected chi connectivity index (χ0v) is 12.4. The van der Waals surface area contributed by atoms with Gasteiger partial charge in [0.2, 0.25) is 0 Å². The minimum Gasteiger partial charge on any atom is -0.508 e. The minimum absolute atomic E-state index is 0.0414. The number of phenols is 1. The Morgan fingerprint density at radius 3 is 3.05 bits per heavy atom. The predicted molar refractivity (Wildman–Crippen MR) is 81.7 cm³/mol. The van der Waals surface area contributed by atoms with Crippen molar-refractivity contribution in [3.8, 4) is 5.75 Å². The van der Waals surface area contributed by atoms with Crippen LogP contribution in [-0.4, -0.2) is 14.5 Å². The Morgan fingerprint density at radius 1 is 1.40 bits per heavy atom. The molecule has 0 unspecified atom stereocenters. The Morgan fingerprint density at radius 2 is 2.25 bits per heavy atom. The molecule has 1 aromatic carbocycles. The van der Waals surface area contributed by atoms with Gasteiger partial charge in [-0.2, -0.15) is 0 Å². The van der Waals surface area contributed by atoms with Crippen molar-refractivity contribution in [3.05, 3.63) is 57.5 Å². The third-order valence-electron chi connectivity index (χ3n) is 2.83. The molecule has 0 radical (unpaired) electrons. The first kappa shape index (κ1) is 13.2. The highest BCUT2D eigenvalue weighted by Gasteiger charge is 2.07. The van der Waals surface area contributed by atoms with E-state index in [1.54, 1.807) is 40.4 Å². The van der Waals surface area contributed by atoms with Gasteiger partial charge in [0.15, 0.2) is 4.96 Å². The number of phenolic OH excluding ortho intramolecular Hbond substituents is 1. The first-order chi connectivity index (χ1) is 9.63. The summed E-state index contributed by atoms with van der Waals surface area (Å²) in [5.41, 5.74) is 1.63. The number of benzene rings is 1. The maximum atomic E-state index is 12.0. The summed E-state index contributed by atoms with van der Waals surface area (Å²) in [5.74, 6) is 0.846. The Kier molecular flexibility index (Phi) is 3.50. The summed E-state index contributed by atoms with van der Waals surface area (Å²) in [4.78, 5) is 18.2. The molecule has 6 heteroatoms. The summed E-state index contributed by atoms with van der Waals surface area (Å²) in [5, 5.41) is 11.3. The maximum Gasteiger partial charge on any atom is 0.258 e. The summed E-state index contributed by atoms with van der Waals surface area (Å²) in [7, 11) is 0. The second-order valence-electron chi connectivity index (χ2n) is 4.37. The number of hydrogen-bond acceptors (Lipinski definition) is 5. The zero-order valence-electron chi connectivity index (χ0n) is 10.7. The number of aryl methyl sites for hydroxylation is 1. The number of aromatic hydroxyl groups is 1. The van der Waals surface area contributed by atoms with E-state index in [9.17, 15) is 9.90 Å². The topological polar surface area (TPSA) is 54.6 Å². The molecular weight excluding hydrogens is 292 g/mol. The Bertz CT molecular complexity index is 823. The molecule has 20 heavy (non-hydrogen) atoms. The molecule has 0 saturated heterocycles. The fourth-order valence-electron chi connectivity index (χ4n) is 1.91. The van der Waals surface area contributed by atoms with Crippen molar-refractivity contribution in [3.63, 3.8) is 0 Å². The van der Waals surface area contributed by atoms with Gasteiger partial charge in [-0.05, 0) is 25.1 Å². The van der Waals surface area contributed by atoms with Crippen molar-refractivity contribution in [1.29, 1.82) is 0 Å². The molecule has 4 nitrogen and oxygen atoms in total. The van der Waals surface area contributed by atoms with E-state index >= 15 is 0 Å². The molecule has 0 atom stereocenters. The molecular formula is C14H12N2O2S2. The van der Waals surface area contributed by atoms with Crippen LogP contribution in [0.4, 0.5) is 0 Å². The van der Waals surface area contributed by atoms with E-state index < -0.39 is 0 Å². The number of rotatable bonds is 3. The number of aromatic nitrogens is 2. The summed E-state index contributed by atoms with van der Waals surface area (Å²) in [6.07, 6.45) is 0. The van der Waals surface area contributed by atoms with Crippen molar-refractivity contribution < 1.29 is 5.11 Å². The Labute approximate surface area is 123 Å². The molecule has 0 saturated carbocycles. The first-order valence-electron chi connectivity index (χ1n) is 6.02. The van der Waals surface area contributed by atoms with Crippen LogP contribution in [0.3, 0.4) is 0 Å². The minimum atomic E-state index is -0.0414. The van der Waals surface area contributed by atoms with Crippen molar-refractivity contribution in [2.24, 2.45) is 0 Å². The summed E-state index contributed by atoms with van der Waals surface area (Å²) in [6, 6.07) is 8.62. The standard InChI is InChI=1S/C14H12N2O2S2/c1-9-7-20-14-15-10(5-13(18)16(9)14)8-19-12-4-2-3-11(17)6-12/h2-7,17H,8H2,1H3. The van der Waals surface area contributed by atoms with E-state index in [1.807, 2.05) is 18.4 Å². The molecule has 102 valence electrons.